The van der Waals surface area contributed by atoms with E-state index in [0.29, 0.717) is 19.8 Å². The predicted molar refractivity (Wildman–Crippen MR) is 118 cm³/mol. The van der Waals surface area contributed by atoms with Gasteiger partial charge < -0.3 is 25.0 Å². The Labute approximate surface area is 182 Å². The third kappa shape index (κ3) is 3.97. The number of amides is 2. The molecule has 4 heterocycles. The summed E-state index contributed by atoms with van der Waals surface area (Å²) >= 11 is 0. The van der Waals surface area contributed by atoms with Crippen molar-refractivity contribution >= 4 is 17.5 Å². The van der Waals surface area contributed by atoms with Crippen LogP contribution in [-0.4, -0.2) is 54.4 Å². The van der Waals surface area contributed by atoms with Crippen molar-refractivity contribution in [2.75, 3.05) is 36.5 Å². The van der Waals surface area contributed by atoms with E-state index in [-0.39, 0.29) is 24.3 Å². The lowest BCUT2D eigenvalue weighted by Crippen LogP contribution is -2.45. The van der Waals surface area contributed by atoms with Crippen LogP contribution in [-0.2, 0) is 15.9 Å². The molecule has 31 heavy (non-hydrogen) atoms. The molecule has 2 N–H and O–H groups in total. The first-order chi connectivity index (χ1) is 15.1. The Hall–Kier alpha value is -2.71. The second kappa shape index (κ2) is 8.43. The minimum absolute atomic E-state index is 0.0940. The Balaban J connectivity index is 1.50. The number of aromatic nitrogens is 2. The number of nitrogens with zero attached hydrogens (tertiary/aromatic N) is 3. The number of fused-ring (bicyclic) bond motifs is 4. The number of carbonyl (C=O) groups is 1. The van der Waals surface area contributed by atoms with E-state index in [1.54, 1.807) is 0 Å². The molecule has 0 unspecified atom stereocenters. The molecular weight excluding hydrogens is 394 g/mol. The number of hydrogen-bond acceptors (Lipinski definition) is 6. The van der Waals surface area contributed by atoms with Crippen molar-refractivity contribution in [3.63, 3.8) is 0 Å². The average Bonchev–Trinajstić information content (AvgIpc) is 3.15. The van der Waals surface area contributed by atoms with Gasteiger partial charge in [0.15, 0.2) is 5.82 Å². The quantitative estimate of drug-likeness (QED) is 0.785. The fourth-order valence-electron chi connectivity index (χ4n) is 4.70. The van der Waals surface area contributed by atoms with Gasteiger partial charge in [-0.15, -0.1) is 0 Å². The number of benzene rings is 1. The molecule has 2 bridgehead atoms. The highest BCUT2D eigenvalue weighted by molar-refractivity contribution is 5.89. The highest BCUT2D eigenvalue weighted by Gasteiger charge is 2.39. The molecule has 8 nitrogen and oxygen atoms in total. The molecular formula is C23H29N5O3. The molecule has 2 aromatic rings. The number of rotatable bonds is 4. The maximum atomic E-state index is 11.8. The fraction of sp³-hybridized carbons (Fsp3) is 0.522. The average molecular weight is 424 g/mol. The Morgan fingerprint density at radius 3 is 2.84 bits per heavy atom. The zero-order valence-electron chi connectivity index (χ0n) is 18.1. The van der Waals surface area contributed by atoms with Gasteiger partial charge in [-0.1, -0.05) is 0 Å². The number of urea groups is 1. The van der Waals surface area contributed by atoms with E-state index in [9.17, 15) is 4.79 Å². The number of nitrogens with one attached hydrogen (secondary N) is 2. The monoisotopic (exact) mass is 423 g/mol. The summed E-state index contributed by atoms with van der Waals surface area (Å²) in [4.78, 5) is 24.1. The smallest absolute Gasteiger partial charge is 0.319 e. The van der Waals surface area contributed by atoms with Gasteiger partial charge in [-0.3, -0.25) is 0 Å². The van der Waals surface area contributed by atoms with Crippen LogP contribution in [0.5, 0.6) is 0 Å². The maximum absolute atomic E-state index is 11.8. The van der Waals surface area contributed by atoms with Gasteiger partial charge in [-0.2, -0.15) is 0 Å². The third-order valence-corrected chi connectivity index (χ3v) is 6.23. The van der Waals surface area contributed by atoms with Crippen molar-refractivity contribution in [1.82, 2.24) is 15.3 Å². The summed E-state index contributed by atoms with van der Waals surface area (Å²) in [6.07, 6.45) is 3.31. The molecule has 2 amide bonds. The number of hydrogen-bond donors (Lipinski definition) is 2. The Morgan fingerprint density at radius 1 is 1.23 bits per heavy atom. The SMILES string of the molecule is CCNC(=O)Nc1ccc(-c2nc3c(c(N4CCOC[C@@H]4C)n2)[C@@H]2CC[C@H](C3)O2)cc1. The summed E-state index contributed by atoms with van der Waals surface area (Å²) in [7, 11) is 0. The molecule has 0 spiro atoms. The van der Waals surface area contributed by atoms with Crippen LogP contribution in [0.1, 0.15) is 44.1 Å². The topological polar surface area (TPSA) is 88.6 Å². The largest absolute Gasteiger partial charge is 0.377 e. The van der Waals surface area contributed by atoms with E-state index < -0.39 is 0 Å². The Bertz CT molecular complexity index is 964. The maximum Gasteiger partial charge on any atom is 0.319 e. The van der Waals surface area contributed by atoms with Crippen LogP contribution in [0.3, 0.4) is 0 Å². The molecule has 3 atom stereocenters. The summed E-state index contributed by atoms with van der Waals surface area (Å²) in [5.74, 6) is 1.71. The van der Waals surface area contributed by atoms with Gasteiger partial charge in [-0.25, -0.2) is 14.8 Å². The van der Waals surface area contributed by atoms with Crippen LogP contribution in [0.4, 0.5) is 16.3 Å². The van der Waals surface area contributed by atoms with Crippen molar-refractivity contribution in [1.29, 1.82) is 0 Å². The van der Waals surface area contributed by atoms with Crippen molar-refractivity contribution in [3.05, 3.63) is 35.5 Å². The molecule has 3 aliphatic heterocycles. The summed E-state index contributed by atoms with van der Waals surface area (Å²) in [6, 6.07) is 7.74. The predicted octanol–water partition coefficient (Wildman–Crippen LogP) is 3.29. The minimum Gasteiger partial charge on any atom is -0.377 e. The van der Waals surface area contributed by atoms with Crippen LogP contribution in [0, 0.1) is 0 Å². The zero-order valence-corrected chi connectivity index (χ0v) is 18.1. The van der Waals surface area contributed by atoms with Gasteiger partial charge in [0.25, 0.3) is 0 Å². The first-order valence-corrected chi connectivity index (χ1v) is 11.2. The standard InChI is InChI=1S/C23H29N5O3/c1-3-24-23(29)25-16-6-4-15(5-7-16)21-26-18-12-17-8-9-19(31-17)20(18)22(27-21)28-10-11-30-13-14(28)2/h4-7,14,17,19H,3,8-13H2,1-2H3,(H2,24,25,29)/t14-,17+,19-/m0/s1. The summed E-state index contributed by atoms with van der Waals surface area (Å²) in [5, 5.41) is 5.56. The van der Waals surface area contributed by atoms with Gasteiger partial charge in [-0.05, 0) is 51.0 Å². The molecule has 2 fully saturated rings. The van der Waals surface area contributed by atoms with Gasteiger partial charge in [0, 0.05) is 36.3 Å². The number of ether oxygens (including phenoxy) is 2. The lowest BCUT2D eigenvalue weighted by Gasteiger charge is -2.37. The third-order valence-electron chi connectivity index (χ3n) is 6.23. The molecule has 1 aromatic heterocycles. The van der Waals surface area contributed by atoms with Crippen molar-refractivity contribution in [2.24, 2.45) is 0 Å². The summed E-state index contributed by atoms with van der Waals surface area (Å²) in [5.41, 5.74) is 3.95. The Kier molecular flexibility index (Phi) is 5.50. The number of carbonyl (C=O) groups excluding carboxylic acids is 1. The van der Waals surface area contributed by atoms with Gasteiger partial charge >= 0.3 is 6.03 Å². The van der Waals surface area contributed by atoms with Crippen LogP contribution >= 0.6 is 0 Å². The van der Waals surface area contributed by atoms with Gasteiger partial charge in [0.05, 0.1) is 37.2 Å². The second-order valence-corrected chi connectivity index (χ2v) is 8.44. The van der Waals surface area contributed by atoms with Gasteiger partial charge in [0.2, 0.25) is 0 Å². The summed E-state index contributed by atoms with van der Waals surface area (Å²) in [6.45, 7) is 6.86. The molecule has 0 saturated carbocycles. The number of anilines is 2. The summed E-state index contributed by atoms with van der Waals surface area (Å²) < 4.78 is 11.9. The fourth-order valence-corrected chi connectivity index (χ4v) is 4.70. The molecule has 1 aromatic carbocycles. The van der Waals surface area contributed by atoms with E-state index in [4.69, 9.17) is 19.4 Å². The van der Waals surface area contributed by atoms with Crippen LogP contribution in [0.25, 0.3) is 11.4 Å². The first kappa shape index (κ1) is 20.2. The molecule has 3 aliphatic rings. The van der Waals surface area contributed by atoms with Crippen molar-refractivity contribution in [2.45, 2.75) is 51.4 Å². The minimum atomic E-state index is -0.209. The van der Waals surface area contributed by atoms with Crippen molar-refractivity contribution < 1.29 is 14.3 Å². The number of morpholine rings is 1. The molecule has 0 radical (unpaired) electrons. The molecule has 5 rings (SSSR count). The van der Waals surface area contributed by atoms with Crippen LogP contribution < -0.4 is 15.5 Å². The van der Waals surface area contributed by atoms with Crippen LogP contribution in [0.2, 0.25) is 0 Å². The first-order valence-electron chi connectivity index (χ1n) is 11.2. The molecule has 2 saturated heterocycles. The highest BCUT2D eigenvalue weighted by atomic mass is 16.5. The highest BCUT2D eigenvalue weighted by Crippen LogP contribution is 2.45. The van der Waals surface area contributed by atoms with Crippen molar-refractivity contribution in [3.8, 4) is 11.4 Å². The van der Waals surface area contributed by atoms with E-state index in [2.05, 4.69) is 22.5 Å². The normalized spacial score (nSPS) is 24.6. The second-order valence-electron chi connectivity index (χ2n) is 8.44. The van der Waals surface area contributed by atoms with Gasteiger partial charge in [0.1, 0.15) is 5.82 Å². The van der Waals surface area contributed by atoms with E-state index in [1.165, 1.54) is 5.56 Å². The molecule has 164 valence electrons. The lowest BCUT2D eigenvalue weighted by atomic mass is 10.0. The molecule has 8 heteroatoms. The van der Waals surface area contributed by atoms with E-state index >= 15 is 0 Å². The lowest BCUT2D eigenvalue weighted by molar-refractivity contribution is 0.0306. The zero-order chi connectivity index (χ0) is 21.4. The molecule has 0 aliphatic carbocycles. The van der Waals surface area contributed by atoms with Crippen LogP contribution in [0.15, 0.2) is 24.3 Å². The van der Waals surface area contributed by atoms with E-state index in [1.807, 2.05) is 31.2 Å². The van der Waals surface area contributed by atoms with E-state index in [0.717, 1.165) is 54.4 Å². The Morgan fingerprint density at radius 2 is 2.06 bits per heavy atom.